The number of urea groups is 1. The van der Waals surface area contributed by atoms with Crippen molar-refractivity contribution in [1.29, 1.82) is 0 Å². The molecule has 0 unspecified atom stereocenters. The normalized spacial score (nSPS) is 16.5. The Morgan fingerprint density at radius 1 is 1.23 bits per heavy atom. The molecule has 0 spiro atoms. The molecule has 1 aliphatic heterocycles. The molecular formula is C18H28N3O+. The van der Waals surface area contributed by atoms with Crippen molar-refractivity contribution in [3.8, 4) is 0 Å². The highest BCUT2D eigenvalue weighted by Crippen LogP contribution is 2.22. The molecule has 0 bridgehead atoms. The molecule has 0 aromatic heterocycles. The lowest BCUT2D eigenvalue weighted by Gasteiger charge is -2.34. The average Bonchev–Trinajstić information content (AvgIpc) is 2.47. The van der Waals surface area contributed by atoms with E-state index in [9.17, 15) is 4.79 Å². The fourth-order valence-electron chi connectivity index (χ4n) is 2.68. The number of quaternary nitrogens is 1. The molecule has 120 valence electrons. The van der Waals surface area contributed by atoms with Gasteiger partial charge in [-0.25, -0.2) is 4.79 Å². The van der Waals surface area contributed by atoms with Gasteiger partial charge in [-0.3, -0.25) is 0 Å². The lowest BCUT2D eigenvalue weighted by Crippen LogP contribution is -3.12. The number of carbonyl (C=O) groups excluding carboxylic acids is 1. The number of carbonyl (C=O) groups is 1. The number of hydrogen-bond acceptors (Lipinski definition) is 1. The molecule has 1 aromatic carbocycles. The smallest absolute Gasteiger partial charge is 0.318 e. The summed E-state index contributed by atoms with van der Waals surface area (Å²) < 4.78 is 0. The van der Waals surface area contributed by atoms with Crippen molar-refractivity contribution in [3.63, 3.8) is 0 Å². The average molecular weight is 302 g/mol. The zero-order valence-electron chi connectivity index (χ0n) is 14.2. The third kappa shape index (κ3) is 3.89. The Morgan fingerprint density at radius 2 is 1.77 bits per heavy atom. The van der Waals surface area contributed by atoms with Gasteiger partial charge in [0.05, 0.1) is 38.8 Å². The van der Waals surface area contributed by atoms with Crippen LogP contribution in [0.5, 0.6) is 0 Å². The Kier molecular flexibility index (Phi) is 4.91. The summed E-state index contributed by atoms with van der Waals surface area (Å²) in [5.41, 5.74) is 2.90. The second-order valence-corrected chi connectivity index (χ2v) is 6.86. The van der Waals surface area contributed by atoms with Crippen LogP contribution in [0, 0.1) is 0 Å². The quantitative estimate of drug-likeness (QED) is 0.872. The van der Waals surface area contributed by atoms with Crippen LogP contribution in [0.4, 0.5) is 4.79 Å². The number of rotatable bonds is 3. The largest absolute Gasteiger partial charge is 0.334 e. The van der Waals surface area contributed by atoms with Gasteiger partial charge in [-0.2, -0.15) is 0 Å². The molecule has 2 amide bonds. The maximum atomic E-state index is 12.5. The van der Waals surface area contributed by atoms with Crippen LogP contribution in [-0.2, 0) is 5.54 Å². The molecule has 1 aliphatic rings. The second kappa shape index (κ2) is 6.53. The van der Waals surface area contributed by atoms with Gasteiger partial charge in [-0.1, -0.05) is 36.4 Å². The zero-order valence-corrected chi connectivity index (χ0v) is 14.2. The van der Waals surface area contributed by atoms with Crippen LogP contribution in [0.3, 0.4) is 0 Å². The first kappa shape index (κ1) is 16.6. The predicted molar refractivity (Wildman–Crippen MR) is 90.9 cm³/mol. The van der Waals surface area contributed by atoms with Crippen molar-refractivity contribution in [2.75, 3.05) is 33.2 Å². The molecule has 1 fully saturated rings. The van der Waals surface area contributed by atoms with Crippen LogP contribution >= 0.6 is 0 Å². The Labute approximate surface area is 133 Å². The number of likely N-dealkylation sites (N-methyl/N-ethyl adjacent to an activating group) is 1. The molecule has 0 saturated carbocycles. The molecule has 0 aliphatic carbocycles. The maximum Gasteiger partial charge on any atom is 0.318 e. The zero-order chi connectivity index (χ0) is 16.3. The molecule has 1 saturated heterocycles. The number of piperazine rings is 1. The van der Waals surface area contributed by atoms with E-state index in [-0.39, 0.29) is 11.6 Å². The highest BCUT2D eigenvalue weighted by atomic mass is 16.2. The summed E-state index contributed by atoms with van der Waals surface area (Å²) in [6.45, 7) is 13.7. The highest BCUT2D eigenvalue weighted by Gasteiger charge is 2.28. The number of nitrogens with zero attached hydrogens (tertiary/aromatic N) is 1. The van der Waals surface area contributed by atoms with Gasteiger partial charge in [0.25, 0.3) is 0 Å². The minimum Gasteiger partial charge on any atom is -0.334 e. The van der Waals surface area contributed by atoms with Gasteiger partial charge in [0.15, 0.2) is 0 Å². The molecule has 0 radical (unpaired) electrons. The van der Waals surface area contributed by atoms with E-state index in [1.807, 2.05) is 25.7 Å². The van der Waals surface area contributed by atoms with Crippen molar-refractivity contribution in [2.45, 2.75) is 26.3 Å². The van der Waals surface area contributed by atoms with E-state index >= 15 is 0 Å². The molecule has 2 N–H and O–H groups in total. The van der Waals surface area contributed by atoms with Crippen molar-refractivity contribution >= 4 is 11.6 Å². The topological polar surface area (TPSA) is 36.8 Å². The van der Waals surface area contributed by atoms with Crippen molar-refractivity contribution < 1.29 is 9.69 Å². The first-order valence-corrected chi connectivity index (χ1v) is 7.94. The Balaban J connectivity index is 2.03. The van der Waals surface area contributed by atoms with Crippen LogP contribution in [0.1, 0.15) is 31.9 Å². The van der Waals surface area contributed by atoms with Crippen molar-refractivity contribution in [3.05, 3.63) is 42.0 Å². The fraction of sp³-hybridized carbons (Fsp3) is 0.500. The minimum absolute atomic E-state index is 0.0291. The summed E-state index contributed by atoms with van der Waals surface area (Å²) in [6.07, 6.45) is 0. The first-order chi connectivity index (χ1) is 10.3. The van der Waals surface area contributed by atoms with Gasteiger partial charge in [0.1, 0.15) is 0 Å². The van der Waals surface area contributed by atoms with Gasteiger partial charge in [0.2, 0.25) is 0 Å². The van der Waals surface area contributed by atoms with E-state index in [0.29, 0.717) is 0 Å². The van der Waals surface area contributed by atoms with Crippen molar-refractivity contribution in [2.24, 2.45) is 0 Å². The first-order valence-electron chi connectivity index (χ1n) is 7.94. The van der Waals surface area contributed by atoms with Crippen LogP contribution in [0.25, 0.3) is 5.57 Å². The SMILES string of the molecule is C=C(C)c1ccc(C(C)(C)NC(=O)N2CC[NH+](C)CC2)cc1. The molecular weight excluding hydrogens is 274 g/mol. The summed E-state index contributed by atoms with van der Waals surface area (Å²) in [7, 11) is 2.17. The molecule has 4 heteroatoms. The van der Waals surface area contributed by atoms with Crippen LogP contribution in [-0.4, -0.2) is 44.2 Å². The minimum atomic E-state index is -0.388. The summed E-state index contributed by atoms with van der Waals surface area (Å²) in [5, 5.41) is 3.16. The van der Waals surface area contributed by atoms with Crippen LogP contribution < -0.4 is 10.2 Å². The number of hydrogen-bond donors (Lipinski definition) is 2. The molecule has 22 heavy (non-hydrogen) atoms. The monoisotopic (exact) mass is 302 g/mol. The molecule has 1 aromatic rings. The summed E-state index contributed by atoms with van der Waals surface area (Å²) in [5.74, 6) is 0. The Morgan fingerprint density at radius 3 is 2.27 bits per heavy atom. The number of amides is 2. The molecule has 2 rings (SSSR count). The van der Waals surface area contributed by atoms with Gasteiger partial charge in [0, 0.05) is 0 Å². The van der Waals surface area contributed by atoms with Gasteiger partial charge in [-0.05, 0) is 31.9 Å². The molecule has 0 atom stereocenters. The van der Waals surface area contributed by atoms with E-state index in [1.165, 1.54) is 4.90 Å². The summed E-state index contributed by atoms with van der Waals surface area (Å²) in [4.78, 5) is 15.9. The Hall–Kier alpha value is -1.81. The van der Waals surface area contributed by atoms with E-state index < -0.39 is 0 Å². The Bertz CT molecular complexity index is 540. The summed E-state index contributed by atoms with van der Waals surface area (Å²) >= 11 is 0. The van der Waals surface area contributed by atoms with E-state index in [4.69, 9.17) is 0 Å². The van der Waals surface area contributed by atoms with Crippen LogP contribution in [0.2, 0.25) is 0 Å². The van der Waals surface area contributed by atoms with Gasteiger partial charge in [-0.15, -0.1) is 0 Å². The third-order valence-corrected chi connectivity index (χ3v) is 4.42. The lowest BCUT2D eigenvalue weighted by atomic mass is 9.92. The van der Waals surface area contributed by atoms with Gasteiger partial charge >= 0.3 is 6.03 Å². The molecule has 1 heterocycles. The number of nitrogens with one attached hydrogen (secondary N) is 2. The van der Waals surface area contributed by atoms with Crippen molar-refractivity contribution in [1.82, 2.24) is 10.2 Å². The van der Waals surface area contributed by atoms with E-state index in [2.05, 4.69) is 43.2 Å². The fourth-order valence-corrected chi connectivity index (χ4v) is 2.68. The van der Waals surface area contributed by atoms with Gasteiger partial charge < -0.3 is 15.1 Å². The lowest BCUT2D eigenvalue weighted by molar-refractivity contribution is -0.883. The number of benzene rings is 1. The third-order valence-electron chi connectivity index (χ3n) is 4.42. The summed E-state index contributed by atoms with van der Waals surface area (Å²) in [6, 6.07) is 8.29. The number of allylic oxidation sites excluding steroid dienone is 1. The van der Waals surface area contributed by atoms with Crippen LogP contribution in [0.15, 0.2) is 30.8 Å². The predicted octanol–water partition coefficient (Wildman–Crippen LogP) is 1.49. The highest BCUT2D eigenvalue weighted by molar-refractivity contribution is 5.75. The standard InChI is InChI=1S/C18H27N3O/c1-14(2)15-6-8-16(9-7-15)18(3,4)19-17(22)21-12-10-20(5)11-13-21/h6-9H,1,10-13H2,2-5H3,(H,19,22)/p+1. The maximum absolute atomic E-state index is 12.5. The second-order valence-electron chi connectivity index (χ2n) is 6.86. The van der Waals surface area contributed by atoms with E-state index in [1.54, 1.807) is 0 Å². The molecule has 4 nitrogen and oxygen atoms in total. The van der Waals surface area contributed by atoms with E-state index in [0.717, 1.165) is 42.9 Å².